The van der Waals surface area contributed by atoms with E-state index in [4.69, 9.17) is 15.7 Å². The van der Waals surface area contributed by atoms with Crippen molar-refractivity contribution in [2.75, 3.05) is 50.8 Å². The number of carbonyl (C=O) groups excluding carboxylic acids is 1. The average molecular weight is 329 g/mol. The zero-order valence-corrected chi connectivity index (χ0v) is 13.8. The molecule has 0 aromatic carbocycles. The van der Waals surface area contributed by atoms with E-state index >= 15 is 0 Å². The molecule has 2 aliphatic heterocycles. The van der Waals surface area contributed by atoms with Crippen LogP contribution in [0, 0.1) is 16.7 Å². The fraction of sp³-hybridized carbons (Fsp3) is 0.588. The van der Waals surface area contributed by atoms with E-state index in [9.17, 15) is 4.79 Å². The van der Waals surface area contributed by atoms with E-state index in [2.05, 4.69) is 16.0 Å². The van der Waals surface area contributed by atoms with Crippen molar-refractivity contribution in [3.8, 4) is 6.07 Å². The maximum absolute atomic E-state index is 13.0. The van der Waals surface area contributed by atoms with Crippen molar-refractivity contribution in [3.63, 3.8) is 0 Å². The molecule has 0 atom stereocenters. The lowest BCUT2D eigenvalue weighted by atomic mass is 9.78. The fourth-order valence-electron chi connectivity index (χ4n) is 3.40. The van der Waals surface area contributed by atoms with Gasteiger partial charge in [-0.3, -0.25) is 4.79 Å². The number of rotatable bonds is 3. The molecule has 1 amide bonds. The third-order valence-electron chi connectivity index (χ3n) is 5.06. The van der Waals surface area contributed by atoms with Gasteiger partial charge in [0.25, 0.3) is 0 Å². The second-order valence-corrected chi connectivity index (χ2v) is 6.39. The molecule has 0 spiro atoms. The van der Waals surface area contributed by atoms with Crippen molar-refractivity contribution >= 4 is 11.7 Å². The van der Waals surface area contributed by atoms with Crippen molar-refractivity contribution in [1.82, 2.24) is 9.88 Å². The summed E-state index contributed by atoms with van der Waals surface area (Å²) in [5.41, 5.74) is 6.08. The molecule has 24 heavy (non-hydrogen) atoms. The van der Waals surface area contributed by atoms with Gasteiger partial charge in [-0.05, 0) is 25.0 Å². The molecule has 7 heteroatoms. The van der Waals surface area contributed by atoms with Crippen LogP contribution < -0.4 is 10.6 Å². The second-order valence-electron chi connectivity index (χ2n) is 6.39. The van der Waals surface area contributed by atoms with E-state index in [1.165, 1.54) is 0 Å². The standard InChI is InChI=1S/C17H23N5O2/c18-12-14-1-4-20-15(11-14)21-5-7-22(8-6-21)16(23)17(13-19)2-9-24-10-3-17/h1,4,11H,2-3,5-10,13,19H2. The Morgan fingerprint density at radius 2 is 2.04 bits per heavy atom. The van der Waals surface area contributed by atoms with Crippen molar-refractivity contribution in [2.45, 2.75) is 12.8 Å². The number of pyridine rings is 1. The van der Waals surface area contributed by atoms with Gasteiger partial charge in [0.1, 0.15) is 5.82 Å². The van der Waals surface area contributed by atoms with Crippen LogP contribution in [0.1, 0.15) is 18.4 Å². The van der Waals surface area contributed by atoms with Crippen molar-refractivity contribution < 1.29 is 9.53 Å². The van der Waals surface area contributed by atoms with E-state index in [0.717, 1.165) is 5.82 Å². The van der Waals surface area contributed by atoms with Crippen LogP contribution in [-0.4, -0.2) is 61.7 Å². The zero-order chi connectivity index (χ0) is 17.0. The number of hydrogen-bond acceptors (Lipinski definition) is 6. The van der Waals surface area contributed by atoms with Gasteiger partial charge < -0.3 is 20.3 Å². The van der Waals surface area contributed by atoms with Gasteiger partial charge in [0.15, 0.2) is 0 Å². The quantitative estimate of drug-likeness (QED) is 0.860. The van der Waals surface area contributed by atoms with Crippen LogP contribution in [0.4, 0.5) is 5.82 Å². The van der Waals surface area contributed by atoms with Gasteiger partial charge in [-0.1, -0.05) is 0 Å². The fourth-order valence-corrected chi connectivity index (χ4v) is 3.40. The van der Waals surface area contributed by atoms with Crippen LogP contribution in [0.25, 0.3) is 0 Å². The molecule has 7 nitrogen and oxygen atoms in total. The van der Waals surface area contributed by atoms with Gasteiger partial charge in [-0.2, -0.15) is 5.26 Å². The minimum Gasteiger partial charge on any atom is -0.381 e. The van der Waals surface area contributed by atoms with Crippen LogP contribution >= 0.6 is 0 Å². The Kier molecular flexibility index (Phi) is 4.97. The number of nitrogens with two attached hydrogens (primary N) is 1. The zero-order valence-electron chi connectivity index (χ0n) is 13.8. The van der Waals surface area contributed by atoms with E-state index in [0.29, 0.717) is 64.3 Å². The molecule has 2 N–H and O–H groups in total. The first-order chi connectivity index (χ1) is 11.7. The first-order valence-corrected chi connectivity index (χ1v) is 8.37. The Balaban J connectivity index is 1.64. The summed E-state index contributed by atoms with van der Waals surface area (Å²) in [5.74, 6) is 0.951. The Hall–Kier alpha value is -2.17. The number of anilines is 1. The topological polar surface area (TPSA) is 95.5 Å². The number of aromatic nitrogens is 1. The largest absolute Gasteiger partial charge is 0.381 e. The minimum absolute atomic E-state index is 0.159. The van der Waals surface area contributed by atoms with Gasteiger partial charge in [-0.15, -0.1) is 0 Å². The van der Waals surface area contributed by atoms with Crippen LogP contribution in [0.5, 0.6) is 0 Å². The maximum atomic E-state index is 13.0. The molecule has 0 saturated carbocycles. The summed E-state index contributed by atoms with van der Waals surface area (Å²) >= 11 is 0. The SMILES string of the molecule is N#Cc1ccnc(N2CCN(C(=O)C3(CN)CCOCC3)CC2)c1. The van der Waals surface area contributed by atoms with Gasteiger partial charge in [-0.25, -0.2) is 4.98 Å². The van der Waals surface area contributed by atoms with Crippen LogP contribution in [0.3, 0.4) is 0 Å². The first kappa shape index (κ1) is 16.7. The summed E-state index contributed by atoms with van der Waals surface area (Å²) in [7, 11) is 0. The summed E-state index contributed by atoms with van der Waals surface area (Å²) in [6, 6.07) is 5.61. The third-order valence-corrected chi connectivity index (χ3v) is 5.06. The van der Waals surface area contributed by atoms with Crippen LogP contribution in [0.15, 0.2) is 18.3 Å². The van der Waals surface area contributed by atoms with Crippen molar-refractivity contribution in [3.05, 3.63) is 23.9 Å². The first-order valence-electron chi connectivity index (χ1n) is 8.37. The van der Waals surface area contributed by atoms with Crippen LogP contribution in [-0.2, 0) is 9.53 Å². The maximum Gasteiger partial charge on any atom is 0.230 e. The number of piperazine rings is 1. The highest BCUT2D eigenvalue weighted by Crippen LogP contribution is 2.32. The molecule has 2 fully saturated rings. The molecule has 2 saturated heterocycles. The number of nitriles is 1. The molecule has 3 heterocycles. The number of amides is 1. The summed E-state index contributed by atoms with van der Waals surface area (Å²) < 4.78 is 5.39. The lowest BCUT2D eigenvalue weighted by Crippen LogP contribution is -2.56. The summed E-state index contributed by atoms with van der Waals surface area (Å²) in [5, 5.41) is 9.00. The second kappa shape index (κ2) is 7.16. The molecule has 0 unspecified atom stereocenters. The Labute approximate surface area is 142 Å². The van der Waals surface area contributed by atoms with E-state index in [1.54, 1.807) is 18.3 Å². The highest BCUT2D eigenvalue weighted by atomic mass is 16.5. The van der Waals surface area contributed by atoms with Crippen molar-refractivity contribution in [1.29, 1.82) is 5.26 Å². The van der Waals surface area contributed by atoms with Crippen molar-refractivity contribution in [2.24, 2.45) is 11.1 Å². The predicted octanol–water partition coefficient (Wildman–Crippen LogP) is 0.357. The van der Waals surface area contributed by atoms with Gasteiger partial charge in [0, 0.05) is 52.1 Å². The average Bonchev–Trinajstić information content (AvgIpc) is 2.68. The lowest BCUT2D eigenvalue weighted by Gasteiger charge is -2.42. The number of hydrogen-bond donors (Lipinski definition) is 1. The highest BCUT2D eigenvalue weighted by molar-refractivity contribution is 5.83. The summed E-state index contributed by atoms with van der Waals surface area (Å²) in [6.07, 6.45) is 3.06. The summed E-state index contributed by atoms with van der Waals surface area (Å²) in [6.45, 7) is 4.32. The monoisotopic (exact) mass is 329 g/mol. The molecular weight excluding hydrogens is 306 g/mol. The highest BCUT2D eigenvalue weighted by Gasteiger charge is 2.42. The minimum atomic E-state index is -0.459. The molecule has 0 aliphatic carbocycles. The number of ether oxygens (including phenoxy) is 1. The van der Waals surface area contributed by atoms with Gasteiger partial charge in [0.2, 0.25) is 5.91 Å². The van der Waals surface area contributed by atoms with Crippen LogP contribution in [0.2, 0.25) is 0 Å². The predicted molar refractivity (Wildman–Crippen MR) is 89.3 cm³/mol. The molecule has 0 radical (unpaired) electrons. The molecular formula is C17H23N5O2. The Bertz CT molecular complexity index is 628. The molecule has 1 aromatic rings. The Morgan fingerprint density at radius 1 is 1.33 bits per heavy atom. The normalized spacial score (nSPS) is 20.5. The van der Waals surface area contributed by atoms with E-state index in [1.807, 2.05) is 4.90 Å². The molecule has 1 aromatic heterocycles. The lowest BCUT2D eigenvalue weighted by molar-refractivity contribution is -0.147. The molecule has 128 valence electrons. The van der Waals surface area contributed by atoms with Gasteiger partial charge in [0.05, 0.1) is 17.0 Å². The number of nitrogens with zero attached hydrogens (tertiary/aromatic N) is 4. The van der Waals surface area contributed by atoms with E-state index in [-0.39, 0.29) is 5.91 Å². The third kappa shape index (κ3) is 3.21. The number of carbonyl (C=O) groups is 1. The molecule has 3 rings (SSSR count). The molecule has 0 bridgehead atoms. The summed E-state index contributed by atoms with van der Waals surface area (Å²) in [4.78, 5) is 21.3. The van der Waals surface area contributed by atoms with Gasteiger partial charge >= 0.3 is 0 Å². The Morgan fingerprint density at radius 3 is 2.67 bits per heavy atom. The molecule has 2 aliphatic rings. The smallest absolute Gasteiger partial charge is 0.230 e. The van der Waals surface area contributed by atoms with E-state index < -0.39 is 5.41 Å².